The minimum absolute atomic E-state index is 0.0344. The molecule has 0 aromatic rings. The summed E-state index contributed by atoms with van der Waals surface area (Å²) < 4.78 is 0. The Hall–Kier alpha value is -1.26. The van der Waals surface area contributed by atoms with Gasteiger partial charge < -0.3 is 16.0 Å². The first-order valence-electron chi connectivity index (χ1n) is 4.95. The number of amides is 1. The van der Waals surface area contributed by atoms with Crippen LogP contribution in [0.3, 0.4) is 0 Å². The van der Waals surface area contributed by atoms with Gasteiger partial charge in [0.2, 0.25) is 5.91 Å². The lowest BCUT2D eigenvalue weighted by atomic mass is 9.99. The van der Waals surface area contributed by atoms with Gasteiger partial charge in [-0.05, 0) is 18.8 Å². The summed E-state index contributed by atoms with van der Waals surface area (Å²) in [6, 6.07) is 0. The summed E-state index contributed by atoms with van der Waals surface area (Å²) in [6.07, 6.45) is 2.15. The number of hydrogen-bond donors (Lipinski definition) is 3. The van der Waals surface area contributed by atoms with Crippen molar-refractivity contribution in [3.8, 4) is 0 Å². The first kappa shape index (κ1) is 10.8. The molecule has 1 rings (SSSR count). The van der Waals surface area contributed by atoms with Gasteiger partial charge in [0, 0.05) is 13.1 Å². The first-order valence-corrected chi connectivity index (χ1v) is 4.95. The molecule has 0 saturated carbocycles. The number of rotatable bonds is 2. The highest BCUT2D eigenvalue weighted by Crippen LogP contribution is 2.15. The van der Waals surface area contributed by atoms with Crippen LogP contribution >= 0.6 is 0 Å². The van der Waals surface area contributed by atoms with Gasteiger partial charge >= 0.3 is 0 Å². The highest BCUT2D eigenvalue weighted by molar-refractivity contribution is 5.84. The molecule has 14 heavy (non-hydrogen) atoms. The maximum absolute atomic E-state index is 11.5. The molecule has 5 heteroatoms. The zero-order valence-corrected chi connectivity index (χ0v) is 8.55. The van der Waals surface area contributed by atoms with Crippen molar-refractivity contribution >= 4 is 11.9 Å². The van der Waals surface area contributed by atoms with Crippen molar-refractivity contribution in [2.45, 2.75) is 19.8 Å². The molecule has 0 spiro atoms. The van der Waals surface area contributed by atoms with E-state index in [1.54, 1.807) is 0 Å². The monoisotopic (exact) mass is 198 g/mol. The fourth-order valence-electron chi connectivity index (χ4n) is 1.54. The van der Waals surface area contributed by atoms with E-state index in [1.165, 1.54) is 0 Å². The number of guanidine groups is 1. The summed E-state index contributed by atoms with van der Waals surface area (Å²) in [5.74, 6) is 0.607. The van der Waals surface area contributed by atoms with Crippen LogP contribution in [0.25, 0.3) is 0 Å². The van der Waals surface area contributed by atoms with Gasteiger partial charge in [-0.15, -0.1) is 0 Å². The van der Waals surface area contributed by atoms with Crippen LogP contribution in [0, 0.1) is 11.3 Å². The van der Waals surface area contributed by atoms with Crippen molar-refractivity contribution in [3.63, 3.8) is 0 Å². The lowest BCUT2D eigenvalue weighted by Gasteiger charge is -2.30. The highest BCUT2D eigenvalue weighted by atomic mass is 16.2. The van der Waals surface area contributed by atoms with Crippen LogP contribution in [0.2, 0.25) is 0 Å². The predicted octanol–water partition coefficient (Wildman–Crippen LogP) is -0.272. The molecule has 1 amide bonds. The Morgan fingerprint density at radius 1 is 1.57 bits per heavy atom. The predicted molar refractivity (Wildman–Crippen MR) is 54.9 cm³/mol. The molecule has 1 aliphatic heterocycles. The number of nitrogens with one attached hydrogen (secondary N) is 2. The van der Waals surface area contributed by atoms with E-state index in [1.807, 2.05) is 4.90 Å². The van der Waals surface area contributed by atoms with E-state index in [9.17, 15) is 4.79 Å². The minimum atomic E-state index is -0.149. The molecule has 0 aromatic carbocycles. The Kier molecular flexibility index (Phi) is 3.73. The molecular weight excluding hydrogens is 180 g/mol. The normalized spacial score (nSPS) is 17.9. The van der Waals surface area contributed by atoms with Crippen molar-refractivity contribution in [2.24, 2.45) is 11.7 Å². The third-order valence-corrected chi connectivity index (χ3v) is 2.57. The molecule has 0 radical (unpaired) electrons. The Bertz CT molecular complexity index is 221. The maximum Gasteiger partial charge on any atom is 0.241 e. The fraction of sp³-hybridized carbons (Fsp3) is 0.778. The molecule has 0 atom stereocenters. The van der Waals surface area contributed by atoms with E-state index >= 15 is 0 Å². The van der Waals surface area contributed by atoms with Crippen LogP contribution in [0.4, 0.5) is 0 Å². The summed E-state index contributed by atoms with van der Waals surface area (Å²) in [4.78, 5) is 13.3. The molecular formula is C9H18N4O. The summed E-state index contributed by atoms with van der Waals surface area (Å²) >= 11 is 0. The van der Waals surface area contributed by atoms with Crippen LogP contribution < -0.4 is 11.1 Å². The second-order valence-corrected chi connectivity index (χ2v) is 3.83. The van der Waals surface area contributed by atoms with Gasteiger partial charge in [-0.25, -0.2) is 0 Å². The largest absolute Gasteiger partial charge is 0.370 e. The number of nitrogens with zero attached hydrogens (tertiary/aromatic N) is 1. The smallest absolute Gasteiger partial charge is 0.241 e. The molecule has 0 aromatic heterocycles. The van der Waals surface area contributed by atoms with Crippen molar-refractivity contribution < 1.29 is 4.79 Å². The van der Waals surface area contributed by atoms with Crippen LogP contribution in [0.15, 0.2) is 0 Å². The van der Waals surface area contributed by atoms with Crippen molar-refractivity contribution in [1.82, 2.24) is 10.2 Å². The fourth-order valence-corrected chi connectivity index (χ4v) is 1.54. The number of carbonyl (C=O) groups is 1. The van der Waals surface area contributed by atoms with E-state index in [4.69, 9.17) is 11.1 Å². The van der Waals surface area contributed by atoms with Gasteiger partial charge in [-0.2, -0.15) is 0 Å². The molecule has 1 aliphatic rings. The van der Waals surface area contributed by atoms with Crippen molar-refractivity contribution in [2.75, 3.05) is 19.6 Å². The number of piperidine rings is 1. The Morgan fingerprint density at radius 3 is 2.64 bits per heavy atom. The van der Waals surface area contributed by atoms with Crippen LogP contribution in [-0.4, -0.2) is 36.4 Å². The van der Waals surface area contributed by atoms with E-state index in [2.05, 4.69) is 12.2 Å². The quantitative estimate of drug-likeness (QED) is 0.422. The third kappa shape index (κ3) is 3.24. The summed E-state index contributed by atoms with van der Waals surface area (Å²) in [7, 11) is 0. The van der Waals surface area contributed by atoms with Gasteiger partial charge in [0.05, 0.1) is 6.54 Å². The molecule has 1 saturated heterocycles. The Balaban J connectivity index is 2.27. The van der Waals surface area contributed by atoms with E-state index in [0.29, 0.717) is 0 Å². The second-order valence-electron chi connectivity index (χ2n) is 3.83. The Labute approximate surface area is 84.1 Å². The van der Waals surface area contributed by atoms with Gasteiger partial charge in [-0.1, -0.05) is 6.92 Å². The zero-order chi connectivity index (χ0) is 10.6. The standard InChI is InChI=1S/C9H18N4O/c1-7-2-4-13(5-3-7)8(14)6-12-9(10)11/h7H,2-6H2,1H3,(H4,10,11,12). The topological polar surface area (TPSA) is 82.2 Å². The van der Waals surface area contributed by atoms with Crippen molar-refractivity contribution in [1.29, 1.82) is 5.41 Å². The van der Waals surface area contributed by atoms with Gasteiger partial charge in [0.25, 0.3) is 0 Å². The van der Waals surface area contributed by atoms with Crippen molar-refractivity contribution in [3.05, 3.63) is 0 Å². The van der Waals surface area contributed by atoms with E-state index < -0.39 is 0 Å². The van der Waals surface area contributed by atoms with Gasteiger partial charge in [0.15, 0.2) is 5.96 Å². The molecule has 4 N–H and O–H groups in total. The molecule has 0 bridgehead atoms. The third-order valence-electron chi connectivity index (χ3n) is 2.57. The maximum atomic E-state index is 11.5. The molecule has 0 unspecified atom stereocenters. The first-order chi connectivity index (χ1) is 6.59. The highest BCUT2D eigenvalue weighted by Gasteiger charge is 2.19. The number of nitrogens with two attached hydrogens (primary N) is 1. The molecule has 80 valence electrons. The van der Waals surface area contributed by atoms with Crippen LogP contribution in [-0.2, 0) is 4.79 Å². The summed E-state index contributed by atoms with van der Waals surface area (Å²) in [6.45, 7) is 4.01. The Morgan fingerprint density at radius 2 is 2.14 bits per heavy atom. The lowest BCUT2D eigenvalue weighted by Crippen LogP contribution is -2.45. The summed E-state index contributed by atoms with van der Waals surface area (Å²) in [5.41, 5.74) is 5.09. The minimum Gasteiger partial charge on any atom is -0.370 e. The summed E-state index contributed by atoms with van der Waals surface area (Å²) in [5, 5.41) is 9.45. The number of likely N-dealkylation sites (tertiary alicyclic amines) is 1. The average molecular weight is 198 g/mol. The second kappa shape index (κ2) is 4.83. The van der Waals surface area contributed by atoms with Gasteiger partial charge in [-0.3, -0.25) is 10.2 Å². The average Bonchev–Trinajstić information content (AvgIpc) is 2.15. The zero-order valence-electron chi connectivity index (χ0n) is 8.55. The van der Waals surface area contributed by atoms with Crippen LogP contribution in [0.1, 0.15) is 19.8 Å². The lowest BCUT2D eigenvalue weighted by molar-refractivity contribution is -0.131. The molecule has 1 heterocycles. The number of carbonyl (C=O) groups excluding carboxylic acids is 1. The molecule has 5 nitrogen and oxygen atoms in total. The van der Waals surface area contributed by atoms with Crippen LogP contribution in [0.5, 0.6) is 0 Å². The molecule has 1 fully saturated rings. The SMILES string of the molecule is CC1CCN(C(=O)CNC(=N)N)CC1. The number of hydrogen-bond acceptors (Lipinski definition) is 2. The van der Waals surface area contributed by atoms with E-state index in [-0.39, 0.29) is 18.4 Å². The van der Waals surface area contributed by atoms with Gasteiger partial charge in [0.1, 0.15) is 0 Å². The van der Waals surface area contributed by atoms with E-state index in [0.717, 1.165) is 31.8 Å². The molecule has 0 aliphatic carbocycles.